The highest BCUT2D eigenvalue weighted by Crippen LogP contribution is 2.28. The van der Waals surface area contributed by atoms with Gasteiger partial charge in [0, 0.05) is 5.56 Å². The van der Waals surface area contributed by atoms with Crippen LogP contribution in [0, 0.1) is 0 Å². The Morgan fingerprint density at radius 2 is 2.08 bits per heavy atom. The minimum absolute atomic E-state index is 0.0227. The number of halogens is 1. The number of rotatable bonds is 7. The predicted molar refractivity (Wildman–Crippen MR) is 96.5 cm³/mol. The molecular formula is C18H23ClN2O3. The minimum atomic E-state index is -0.272. The molecule has 5 nitrogen and oxygen atoms in total. The van der Waals surface area contributed by atoms with Crippen molar-refractivity contribution in [3.63, 3.8) is 0 Å². The van der Waals surface area contributed by atoms with Crippen molar-refractivity contribution in [1.82, 2.24) is 0 Å². The Morgan fingerprint density at radius 3 is 2.71 bits per heavy atom. The van der Waals surface area contributed by atoms with Crippen molar-refractivity contribution in [3.05, 3.63) is 28.8 Å². The zero-order valence-corrected chi connectivity index (χ0v) is 15.3. The van der Waals surface area contributed by atoms with Gasteiger partial charge in [-0.1, -0.05) is 18.5 Å². The molecule has 1 aromatic rings. The highest BCUT2D eigenvalue weighted by Gasteiger charge is 2.25. The molecule has 1 atom stereocenters. The first-order valence-corrected chi connectivity index (χ1v) is 8.59. The summed E-state index contributed by atoms with van der Waals surface area (Å²) in [4.78, 5) is 20.9. The maximum atomic E-state index is 11.7. The number of carbonyl (C=O) groups excluding carboxylic acids is 1. The van der Waals surface area contributed by atoms with E-state index in [0.29, 0.717) is 23.2 Å². The van der Waals surface area contributed by atoms with Crippen LogP contribution in [0.5, 0.6) is 5.75 Å². The number of nitrogens with zero attached hydrogens (tertiary/aromatic N) is 2. The Hall–Kier alpha value is -1.88. The van der Waals surface area contributed by atoms with E-state index >= 15 is 0 Å². The van der Waals surface area contributed by atoms with Crippen molar-refractivity contribution in [1.29, 1.82) is 0 Å². The smallest absolute Gasteiger partial charge is 0.311 e. The lowest BCUT2D eigenvalue weighted by molar-refractivity contribution is -0.141. The highest BCUT2D eigenvalue weighted by molar-refractivity contribution is 6.32. The van der Waals surface area contributed by atoms with Crippen LogP contribution in [0.4, 0.5) is 0 Å². The molecule has 24 heavy (non-hydrogen) atoms. The van der Waals surface area contributed by atoms with E-state index in [-0.39, 0.29) is 24.5 Å². The van der Waals surface area contributed by atoms with Crippen molar-refractivity contribution in [2.24, 2.45) is 9.98 Å². The van der Waals surface area contributed by atoms with Gasteiger partial charge in [0.05, 0.1) is 35.9 Å². The summed E-state index contributed by atoms with van der Waals surface area (Å²) < 4.78 is 10.7. The maximum absolute atomic E-state index is 11.7. The Kier molecular flexibility index (Phi) is 6.37. The summed E-state index contributed by atoms with van der Waals surface area (Å²) in [6.07, 6.45) is 0.974. The average molecular weight is 351 g/mol. The van der Waals surface area contributed by atoms with E-state index in [2.05, 4.69) is 9.98 Å². The molecule has 0 bridgehead atoms. The van der Waals surface area contributed by atoms with E-state index in [9.17, 15) is 4.79 Å². The fraction of sp³-hybridized carbons (Fsp3) is 0.500. The van der Waals surface area contributed by atoms with Gasteiger partial charge in [-0.2, -0.15) is 0 Å². The predicted octanol–water partition coefficient (Wildman–Crippen LogP) is 4.06. The Balaban J connectivity index is 2.25. The van der Waals surface area contributed by atoms with Gasteiger partial charge in [-0.25, -0.2) is 4.99 Å². The largest absolute Gasteiger partial charge is 0.489 e. The second-order valence-electron chi connectivity index (χ2n) is 5.77. The number of ether oxygens (including phenoxy) is 2. The van der Waals surface area contributed by atoms with Crippen molar-refractivity contribution in [2.45, 2.75) is 52.7 Å². The van der Waals surface area contributed by atoms with Crippen molar-refractivity contribution < 1.29 is 14.3 Å². The number of benzene rings is 1. The quantitative estimate of drug-likeness (QED) is 0.697. The molecule has 0 N–H and O–H groups in total. The minimum Gasteiger partial charge on any atom is -0.489 e. The van der Waals surface area contributed by atoms with Crippen LogP contribution >= 0.6 is 11.6 Å². The van der Waals surface area contributed by atoms with Gasteiger partial charge < -0.3 is 9.47 Å². The van der Waals surface area contributed by atoms with Crippen LogP contribution < -0.4 is 4.74 Å². The molecule has 0 saturated carbocycles. The van der Waals surface area contributed by atoms with Crippen LogP contribution in [-0.2, 0) is 9.53 Å². The standard InChI is InChI=1S/C18H23ClN2O3/c1-5-14-15(10-17(22)23-6-2)21-18(20-14)12-7-8-13(19)16(9-12)24-11(3)4/h7-9,11,14H,5-6,10H2,1-4H3. The monoisotopic (exact) mass is 350 g/mol. The zero-order chi connectivity index (χ0) is 17.7. The second kappa shape index (κ2) is 8.29. The summed E-state index contributed by atoms with van der Waals surface area (Å²) in [5.74, 6) is 0.937. The van der Waals surface area contributed by atoms with E-state index < -0.39 is 0 Å². The van der Waals surface area contributed by atoms with Crippen molar-refractivity contribution >= 4 is 29.1 Å². The lowest BCUT2D eigenvalue weighted by Gasteiger charge is -2.12. The maximum Gasteiger partial charge on any atom is 0.311 e. The topological polar surface area (TPSA) is 60.2 Å². The summed E-state index contributed by atoms with van der Waals surface area (Å²) >= 11 is 6.17. The molecule has 0 radical (unpaired) electrons. The molecule has 1 aromatic carbocycles. The van der Waals surface area contributed by atoms with Gasteiger partial charge in [-0.3, -0.25) is 9.79 Å². The van der Waals surface area contributed by atoms with Gasteiger partial charge in [0.15, 0.2) is 5.84 Å². The summed E-state index contributed by atoms with van der Waals surface area (Å²) in [6.45, 7) is 8.06. The molecular weight excluding hydrogens is 328 g/mol. The van der Waals surface area contributed by atoms with Gasteiger partial charge in [-0.05, 0) is 45.4 Å². The Labute approximate surface area is 147 Å². The van der Waals surface area contributed by atoms with Crippen LogP contribution in [0.3, 0.4) is 0 Å². The van der Waals surface area contributed by atoms with Gasteiger partial charge in [0.25, 0.3) is 0 Å². The van der Waals surface area contributed by atoms with Crippen molar-refractivity contribution in [2.75, 3.05) is 6.61 Å². The normalized spacial score (nSPS) is 16.8. The fourth-order valence-corrected chi connectivity index (χ4v) is 2.59. The Morgan fingerprint density at radius 1 is 1.33 bits per heavy atom. The number of aliphatic imine (C=N–C) groups is 2. The number of amidine groups is 1. The third-order valence-corrected chi connectivity index (χ3v) is 3.79. The first-order chi connectivity index (χ1) is 11.4. The molecule has 0 saturated heterocycles. The lowest BCUT2D eigenvalue weighted by atomic mass is 10.1. The van der Waals surface area contributed by atoms with Crippen LogP contribution in [0.15, 0.2) is 28.2 Å². The first-order valence-electron chi connectivity index (χ1n) is 8.22. The van der Waals surface area contributed by atoms with E-state index in [0.717, 1.165) is 17.7 Å². The lowest BCUT2D eigenvalue weighted by Crippen LogP contribution is -2.19. The van der Waals surface area contributed by atoms with Gasteiger partial charge in [-0.15, -0.1) is 0 Å². The Bertz CT molecular complexity index is 668. The third kappa shape index (κ3) is 4.57. The van der Waals surface area contributed by atoms with Gasteiger partial charge in [0.1, 0.15) is 5.75 Å². The molecule has 1 heterocycles. The molecule has 130 valence electrons. The highest BCUT2D eigenvalue weighted by atomic mass is 35.5. The molecule has 1 aliphatic heterocycles. The summed E-state index contributed by atoms with van der Waals surface area (Å²) in [5, 5.41) is 0.550. The zero-order valence-electron chi connectivity index (χ0n) is 14.5. The van der Waals surface area contributed by atoms with E-state index in [1.54, 1.807) is 13.0 Å². The van der Waals surface area contributed by atoms with Crippen LogP contribution in [0.1, 0.15) is 46.1 Å². The summed E-state index contributed by atoms with van der Waals surface area (Å²) in [7, 11) is 0. The van der Waals surface area contributed by atoms with Crippen LogP contribution in [0.25, 0.3) is 0 Å². The number of hydrogen-bond acceptors (Lipinski definition) is 5. The van der Waals surface area contributed by atoms with Crippen LogP contribution in [-0.4, -0.2) is 36.3 Å². The average Bonchev–Trinajstić information content (AvgIpc) is 2.92. The molecule has 0 fully saturated rings. The second-order valence-corrected chi connectivity index (χ2v) is 6.18. The number of carbonyl (C=O) groups is 1. The molecule has 0 amide bonds. The van der Waals surface area contributed by atoms with E-state index in [4.69, 9.17) is 21.1 Å². The fourth-order valence-electron chi connectivity index (χ4n) is 2.43. The summed E-state index contributed by atoms with van der Waals surface area (Å²) in [5.41, 5.74) is 1.57. The first kappa shape index (κ1) is 18.5. The molecule has 1 unspecified atom stereocenters. The summed E-state index contributed by atoms with van der Waals surface area (Å²) in [6, 6.07) is 5.38. The number of hydrogen-bond donors (Lipinski definition) is 0. The SMILES string of the molecule is CCOC(=O)CC1=NC(c2ccc(Cl)c(OC(C)C)c2)=NC1CC. The van der Waals surface area contributed by atoms with E-state index in [1.165, 1.54) is 0 Å². The third-order valence-electron chi connectivity index (χ3n) is 3.48. The van der Waals surface area contributed by atoms with Gasteiger partial charge in [0.2, 0.25) is 0 Å². The van der Waals surface area contributed by atoms with Crippen LogP contribution in [0.2, 0.25) is 5.02 Å². The molecule has 2 rings (SSSR count). The molecule has 0 aliphatic carbocycles. The molecule has 1 aliphatic rings. The van der Waals surface area contributed by atoms with E-state index in [1.807, 2.05) is 32.9 Å². The molecule has 0 aromatic heterocycles. The van der Waals surface area contributed by atoms with Crippen molar-refractivity contribution in [3.8, 4) is 5.75 Å². The molecule has 0 spiro atoms. The van der Waals surface area contributed by atoms with Gasteiger partial charge >= 0.3 is 5.97 Å². The number of esters is 1. The molecule has 6 heteroatoms.